The molecule has 0 bridgehead atoms. The number of benzene rings is 3. The Balaban J connectivity index is 1.82. The predicted molar refractivity (Wildman–Crippen MR) is 145 cm³/mol. The highest BCUT2D eigenvalue weighted by molar-refractivity contribution is 9.11. The standard InChI is InChI=1S/C27H23Br2N3O3/c1-16-8-9-24(18(3)10-16)32-27(34)20(14-30)11-19-12-21(28)13-22(29)26(19)35-15-25(33)31-23-7-5-4-6-17(23)2/h4-13H,15H2,1-3H3,(H,31,33)(H,32,34)/b20-11+. The Morgan fingerprint density at radius 2 is 1.69 bits per heavy atom. The van der Waals surface area contributed by atoms with Crippen LogP contribution in [0.1, 0.15) is 22.3 Å². The monoisotopic (exact) mass is 595 g/mol. The second-order valence-electron chi connectivity index (χ2n) is 7.90. The first kappa shape index (κ1) is 26.2. The van der Waals surface area contributed by atoms with Gasteiger partial charge < -0.3 is 15.4 Å². The lowest BCUT2D eigenvalue weighted by Gasteiger charge is -2.14. The van der Waals surface area contributed by atoms with Gasteiger partial charge in [-0.1, -0.05) is 51.8 Å². The molecule has 0 aromatic heterocycles. The van der Waals surface area contributed by atoms with Gasteiger partial charge in [0.1, 0.15) is 17.4 Å². The van der Waals surface area contributed by atoms with Gasteiger partial charge in [0.15, 0.2) is 6.61 Å². The van der Waals surface area contributed by atoms with Crippen molar-refractivity contribution in [3.8, 4) is 11.8 Å². The van der Waals surface area contributed by atoms with Crippen LogP contribution in [0.4, 0.5) is 11.4 Å². The van der Waals surface area contributed by atoms with Crippen LogP contribution in [0.15, 0.2) is 69.1 Å². The number of nitrogens with zero attached hydrogens (tertiary/aromatic N) is 1. The van der Waals surface area contributed by atoms with Gasteiger partial charge in [0.25, 0.3) is 11.8 Å². The summed E-state index contributed by atoms with van der Waals surface area (Å²) in [6.45, 7) is 5.49. The molecule has 6 nitrogen and oxygen atoms in total. The molecular weight excluding hydrogens is 574 g/mol. The summed E-state index contributed by atoms with van der Waals surface area (Å²) in [5, 5.41) is 15.3. The van der Waals surface area contributed by atoms with Gasteiger partial charge in [0.05, 0.1) is 4.47 Å². The molecule has 0 fully saturated rings. The van der Waals surface area contributed by atoms with Crippen molar-refractivity contribution in [2.75, 3.05) is 17.2 Å². The molecule has 0 saturated heterocycles. The maximum atomic E-state index is 12.8. The molecule has 35 heavy (non-hydrogen) atoms. The zero-order valence-electron chi connectivity index (χ0n) is 19.4. The molecule has 8 heteroatoms. The lowest BCUT2D eigenvalue weighted by atomic mass is 10.1. The summed E-state index contributed by atoms with van der Waals surface area (Å²) in [6.07, 6.45) is 1.43. The number of amides is 2. The van der Waals surface area contributed by atoms with Crippen molar-refractivity contribution in [3.63, 3.8) is 0 Å². The van der Waals surface area contributed by atoms with E-state index in [1.54, 1.807) is 18.2 Å². The first-order valence-electron chi connectivity index (χ1n) is 10.7. The molecule has 0 spiro atoms. The van der Waals surface area contributed by atoms with Crippen molar-refractivity contribution >= 4 is 61.1 Å². The van der Waals surface area contributed by atoms with Gasteiger partial charge in [-0.15, -0.1) is 0 Å². The number of nitriles is 1. The van der Waals surface area contributed by atoms with E-state index in [0.717, 1.165) is 16.7 Å². The summed E-state index contributed by atoms with van der Waals surface area (Å²) in [5.41, 5.74) is 4.58. The Hall–Kier alpha value is -3.41. The number of hydrogen-bond acceptors (Lipinski definition) is 4. The van der Waals surface area contributed by atoms with E-state index in [2.05, 4.69) is 42.5 Å². The number of aryl methyl sites for hydroxylation is 3. The molecule has 0 heterocycles. The van der Waals surface area contributed by atoms with Crippen molar-refractivity contribution in [2.24, 2.45) is 0 Å². The fraction of sp³-hybridized carbons (Fsp3) is 0.148. The van der Waals surface area contributed by atoms with Crippen molar-refractivity contribution in [1.82, 2.24) is 0 Å². The molecule has 3 aromatic rings. The molecule has 0 saturated carbocycles. The van der Waals surface area contributed by atoms with Gasteiger partial charge in [0.2, 0.25) is 0 Å². The number of halogens is 2. The molecule has 2 N–H and O–H groups in total. The molecule has 0 unspecified atom stereocenters. The minimum Gasteiger partial charge on any atom is -0.482 e. The number of rotatable bonds is 7. The van der Waals surface area contributed by atoms with Crippen LogP contribution in [0.25, 0.3) is 6.08 Å². The SMILES string of the molecule is Cc1ccc(NC(=O)/C(C#N)=C/c2cc(Br)cc(Br)c2OCC(=O)Nc2ccccc2C)c(C)c1. The summed E-state index contributed by atoms with van der Waals surface area (Å²) in [7, 11) is 0. The Bertz CT molecular complexity index is 1360. The summed E-state index contributed by atoms with van der Waals surface area (Å²) in [6, 6.07) is 18.5. The topological polar surface area (TPSA) is 91.2 Å². The molecule has 0 aliphatic rings. The summed E-state index contributed by atoms with van der Waals surface area (Å²) < 4.78 is 7.08. The zero-order chi connectivity index (χ0) is 25.5. The minimum absolute atomic E-state index is 0.107. The van der Waals surface area contributed by atoms with Crippen LogP contribution in [0.2, 0.25) is 0 Å². The third-order valence-electron chi connectivity index (χ3n) is 5.10. The normalized spacial score (nSPS) is 10.9. The molecule has 3 aromatic carbocycles. The van der Waals surface area contributed by atoms with E-state index < -0.39 is 5.91 Å². The second kappa shape index (κ2) is 11.8. The fourth-order valence-electron chi connectivity index (χ4n) is 3.32. The van der Waals surface area contributed by atoms with E-state index in [0.29, 0.717) is 31.6 Å². The van der Waals surface area contributed by atoms with Crippen molar-refractivity contribution in [1.29, 1.82) is 5.26 Å². The quantitative estimate of drug-likeness (QED) is 0.234. The van der Waals surface area contributed by atoms with Gasteiger partial charge in [-0.3, -0.25) is 9.59 Å². The Morgan fingerprint density at radius 1 is 0.971 bits per heavy atom. The zero-order valence-corrected chi connectivity index (χ0v) is 22.6. The Morgan fingerprint density at radius 3 is 2.37 bits per heavy atom. The van der Waals surface area contributed by atoms with Crippen LogP contribution < -0.4 is 15.4 Å². The molecule has 178 valence electrons. The largest absolute Gasteiger partial charge is 0.482 e. The number of anilines is 2. The average Bonchev–Trinajstić information content (AvgIpc) is 2.80. The van der Waals surface area contributed by atoms with Gasteiger partial charge in [-0.05, 0) is 78.2 Å². The molecular formula is C27H23Br2N3O3. The van der Waals surface area contributed by atoms with Crippen LogP contribution in [0.5, 0.6) is 5.75 Å². The van der Waals surface area contributed by atoms with Gasteiger partial charge in [-0.25, -0.2) is 0 Å². The number of para-hydroxylation sites is 1. The third-order valence-corrected chi connectivity index (χ3v) is 6.15. The highest BCUT2D eigenvalue weighted by Crippen LogP contribution is 2.34. The van der Waals surface area contributed by atoms with Crippen LogP contribution in [-0.2, 0) is 9.59 Å². The minimum atomic E-state index is -0.543. The Labute approximate surface area is 221 Å². The van der Waals surface area contributed by atoms with Gasteiger partial charge in [0, 0.05) is 21.4 Å². The predicted octanol–water partition coefficient (Wildman–Crippen LogP) is 6.70. The lowest BCUT2D eigenvalue weighted by Crippen LogP contribution is -2.21. The van der Waals surface area contributed by atoms with Crippen molar-refractivity contribution < 1.29 is 14.3 Å². The number of ether oxygens (including phenoxy) is 1. The maximum Gasteiger partial charge on any atom is 0.266 e. The highest BCUT2D eigenvalue weighted by Gasteiger charge is 2.16. The molecule has 3 rings (SSSR count). The van der Waals surface area contributed by atoms with E-state index in [4.69, 9.17) is 4.74 Å². The number of nitrogens with one attached hydrogen (secondary N) is 2. The van der Waals surface area contributed by atoms with Crippen LogP contribution in [0, 0.1) is 32.1 Å². The van der Waals surface area contributed by atoms with Crippen LogP contribution >= 0.6 is 31.9 Å². The number of carbonyl (C=O) groups excluding carboxylic acids is 2. The van der Waals surface area contributed by atoms with E-state index in [1.165, 1.54) is 6.08 Å². The van der Waals surface area contributed by atoms with Gasteiger partial charge >= 0.3 is 0 Å². The lowest BCUT2D eigenvalue weighted by molar-refractivity contribution is -0.118. The van der Waals surface area contributed by atoms with E-state index >= 15 is 0 Å². The maximum absolute atomic E-state index is 12.8. The smallest absolute Gasteiger partial charge is 0.266 e. The van der Waals surface area contributed by atoms with Crippen LogP contribution in [0.3, 0.4) is 0 Å². The van der Waals surface area contributed by atoms with Gasteiger partial charge in [-0.2, -0.15) is 5.26 Å². The summed E-state index contributed by atoms with van der Waals surface area (Å²) in [4.78, 5) is 25.3. The number of hydrogen-bond donors (Lipinski definition) is 2. The first-order valence-corrected chi connectivity index (χ1v) is 12.2. The van der Waals surface area contributed by atoms with Crippen molar-refractivity contribution in [3.05, 3.63) is 91.4 Å². The molecule has 0 aliphatic carbocycles. The molecule has 2 amide bonds. The third kappa shape index (κ3) is 7.04. The first-order chi connectivity index (χ1) is 16.7. The second-order valence-corrected chi connectivity index (χ2v) is 9.67. The molecule has 0 aliphatic heterocycles. The summed E-state index contributed by atoms with van der Waals surface area (Å²) >= 11 is 6.87. The molecule has 0 radical (unpaired) electrons. The number of carbonyl (C=O) groups is 2. The van der Waals surface area contributed by atoms with E-state index in [1.807, 2.05) is 63.2 Å². The van der Waals surface area contributed by atoms with E-state index in [-0.39, 0.29) is 18.1 Å². The molecule has 0 atom stereocenters. The van der Waals surface area contributed by atoms with Crippen LogP contribution in [-0.4, -0.2) is 18.4 Å². The highest BCUT2D eigenvalue weighted by atomic mass is 79.9. The summed E-state index contributed by atoms with van der Waals surface area (Å²) in [5.74, 6) is -0.545. The Kier molecular flexibility index (Phi) is 8.85. The average molecular weight is 597 g/mol. The van der Waals surface area contributed by atoms with E-state index in [9.17, 15) is 14.9 Å². The van der Waals surface area contributed by atoms with Crippen molar-refractivity contribution in [2.45, 2.75) is 20.8 Å². The fourth-order valence-corrected chi connectivity index (χ4v) is 4.70.